The maximum atomic E-state index is 4.75. The zero-order valence-electron chi connectivity index (χ0n) is 12.6. The number of hydrogen-bond donors (Lipinski definition) is 1. The molecule has 1 N–H and O–H groups in total. The highest BCUT2D eigenvalue weighted by molar-refractivity contribution is 8.14. The molecule has 3 rings (SSSR count). The first-order valence-electron chi connectivity index (χ1n) is 7.51. The number of nitrogens with one attached hydrogen (secondary N) is 1. The second-order valence-electron chi connectivity index (χ2n) is 6.38. The average molecular weight is 292 g/mol. The Kier molecular flexibility index (Phi) is 3.80. The summed E-state index contributed by atoms with van der Waals surface area (Å²) in [5.74, 6) is 2.08. The maximum Gasteiger partial charge on any atom is 0.157 e. The van der Waals surface area contributed by atoms with Crippen LogP contribution in [0.1, 0.15) is 43.9 Å². The molecule has 0 amide bonds. The number of thioether (sulfide) groups is 1. The van der Waals surface area contributed by atoms with Gasteiger partial charge in [0.1, 0.15) is 0 Å². The topological polar surface area (TPSA) is 42.2 Å². The Hall–Kier alpha value is -0.970. The van der Waals surface area contributed by atoms with Crippen LogP contribution in [0.3, 0.4) is 0 Å². The van der Waals surface area contributed by atoms with E-state index in [2.05, 4.69) is 24.3 Å². The van der Waals surface area contributed by atoms with Gasteiger partial charge in [-0.05, 0) is 38.5 Å². The number of hydrogen-bond acceptors (Lipinski definition) is 3. The van der Waals surface area contributed by atoms with Crippen molar-refractivity contribution in [3.05, 3.63) is 17.5 Å². The number of amidine groups is 1. The van der Waals surface area contributed by atoms with Gasteiger partial charge in [-0.25, -0.2) is 0 Å². The number of nitrogens with zero attached hydrogens (tertiary/aromatic N) is 3. The molecule has 20 heavy (non-hydrogen) atoms. The van der Waals surface area contributed by atoms with Crippen molar-refractivity contribution in [2.75, 3.05) is 5.75 Å². The fraction of sp³-hybridized carbons (Fsp3) is 0.733. The second-order valence-corrected chi connectivity index (χ2v) is 7.34. The Balaban J connectivity index is 1.62. The Morgan fingerprint density at radius 1 is 1.50 bits per heavy atom. The molecule has 2 heterocycles. The van der Waals surface area contributed by atoms with Crippen molar-refractivity contribution in [3.63, 3.8) is 0 Å². The van der Waals surface area contributed by atoms with Crippen LogP contribution in [-0.4, -0.2) is 26.2 Å². The Morgan fingerprint density at radius 2 is 2.25 bits per heavy atom. The van der Waals surface area contributed by atoms with E-state index in [1.807, 2.05) is 29.7 Å². The summed E-state index contributed by atoms with van der Waals surface area (Å²) in [6.45, 7) is 5.21. The quantitative estimate of drug-likeness (QED) is 0.911. The summed E-state index contributed by atoms with van der Waals surface area (Å²) in [7, 11) is 1.98. The van der Waals surface area contributed by atoms with Gasteiger partial charge in [-0.2, -0.15) is 5.10 Å². The summed E-state index contributed by atoms with van der Waals surface area (Å²) in [6.07, 6.45) is 7.22. The van der Waals surface area contributed by atoms with Gasteiger partial charge in [0.2, 0.25) is 0 Å². The number of aryl methyl sites for hydroxylation is 1. The molecule has 1 aromatic rings. The lowest BCUT2D eigenvalue weighted by Gasteiger charge is -2.35. The molecular weight excluding hydrogens is 268 g/mol. The first-order valence-corrected chi connectivity index (χ1v) is 8.49. The summed E-state index contributed by atoms with van der Waals surface area (Å²) in [5.41, 5.74) is 2.76. The molecule has 5 heteroatoms. The first-order chi connectivity index (χ1) is 9.58. The molecule has 1 saturated heterocycles. The van der Waals surface area contributed by atoms with E-state index in [9.17, 15) is 0 Å². The first kappa shape index (κ1) is 14.0. The van der Waals surface area contributed by atoms with Gasteiger partial charge in [-0.1, -0.05) is 18.7 Å². The normalized spacial score (nSPS) is 31.9. The third kappa shape index (κ3) is 2.73. The van der Waals surface area contributed by atoms with Gasteiger partial charge in [0.25, 0.3) is 0 Å². The van der Waals surface area contributed by atoms with Gasteiger partial charge in [-0.15, -0.1) is 0 Å². The molecule has 1 aliphatic carbocycles. The Morgan fingerprint density at radius 3 is 2.90 bits per heavy atom. The molecule has 1 aromatic heterocycles. The van der Waals surface area contributed by atoms with Crippen molar-refractivity contribution in [3.8, 4) is 0 Å². The molecule has 4 nitrogen and oxygen atoms in total. The minimum absolute atomic E-state index is 0.333. The molecular formula is C15H24N4S. The maximum absolute atomic E-state index is 4.75. The summed E-state index contributed by atoms with van der Waals surface area (Å²) < 4.78 is 1.91. The van der Waals surface area contributed by atoms with E-state index < -0.39 is 0 Å². The molecule has 2 fully saturated rings. The van der Waals surface area contributed by atoms with E-state index in [1.54, 1.807) is 0 Å². The van der Waals surface area contributed by atoms with Crippen LogP contribution in [0.25, 0.3) is 0 Å². The van der Waals surface area contributed by atoms with Crippen LogP contribution < -0.4 is 5.32 Å². The fourth-order valence-electron chi connectivity index (χ4n) is 3.03. The number of aromatic nitrogens is 2. The SMILES string of the molecule is Cc1c(CN=C2NC3(CCC(C)CC3)CS2)cnn1C. The lowest BCUT2D eigenvalue weighted by molar-refractivity contribution is 0.251. The van der Waals surface area contributed by atoms with E-state index >= 15 is 0 Å². The van der Waals surface area contributed by atoms with E-state index in [-0.39, 0.29) is 0 Å². The zero-order valence-corrected chi connectivity index (χ0v) is 13.5. The van der Waals surface area contributed by atoms with Crippen molar-refractivity contribution in [1.29, 1.82) is 0 Å². The molecule has 110 valence electrons. The van der Waals surface area contributed by atoms with Crippen LogP contribution in [0, 0.1) is 12.8 Å². The minimum Gasteiger partial charge on any atom is -0.359 e. The predicted octanol–water partition coefficient (Wildman–Crippen LogP) is 2.87. The molecule has 1 aliphatic heterocycles. The predicted molar refractivity (Wildman–Crippen MR) is 85.0 cm³/mol. The van der Waals surface area contributed by atoms with Crippen LogP contribution in [0.4, 0.5) is 0 Å². The molecule has 1 spiro atoms. The monoisotopic (exact) mass is 292 g/mol. The second kappa shape index (κ2) is 5.43. The summed E-state index contributed by atoms with van der Waals surface area (Å²) in [6, 6.07) is 0. The molecule has 0 bridgehead atoms. The van der Waals surface area contributed by atoms with Crippen LogP contribution >= 0.6 is 11.8 Å². The fourth-order valence-corrected chi connectivity index (χ4v) is 4.25. The van der Waals surface area contributed by atoms with E-state index in [4.69, 9.17) is 4.99 Å². The molecule has 1 saturated carbocycles. The van der Waals surface area contributed by atoms with Crippen molar-refractivity contribution in [2.24, 2.45) is 18.0 Å². The molecule has 0 radical (unpaired) electrons. The minimum atomic E-state index is 0.333. The largest absolute Gasteiger partial charge is 0.359 e. The van der Waals surface area contributed by atoms with Gasteiger partial charge < -0.3 is 5.32 Å². The highest BCUT2D eigenvalue weighted by Gasteiger charge is 2.39. The number of rotatable bonds is 2. The van der Waals surface area contributed by atoms with Crippen molar-refractivity contribution in [2.45, 2.75) is 51.6 Å². The van der Waals surface area contributed by atoms with Crippen molar-refractivity contribution in [1.82, 2.24) is 15.1 Å². The van der Waals surface area contributed by atoms with Crippen LogP contribution in [0.15, 0.2) is 11.2 Å². The van der Waals surface area contributed by atoms with Crippen molar-refractivity contribution >= 4 is 16.9 Å². The number of aliphatic imine (C=N–C) groups is 1. The molecule has 0 atom stereocenters. The third-order valence-corrected chi connectivity index (χ3v) is 6.02. The smallest absolute Gasteiger partial charge is 0.157 e. The van der Waals surface area contributed by atoms with Crippen molar-refractivity contribution < 1.29 is 0 Å². The highest BCUT2D eigenvalue weighted by Crippen LogP contribution is 2.38. The molecule has 0 unspecified atom stereocenters. The van der Waals surface area contributed by atoms with Gasteiger partial charge in [0.15, 0.2) is 5.17 Å². The van der Waals surface area contributed by atoms with Crippen LogP contribution in [0.5, 0.6) is 0 Å². The van der Waals surface area contributed by atoms with E-state index in [0.29, 0.717) is 5.54 Å². The lowest BCUT2D eigenvalue weighted by atomic mass is 9.78. The lowest BCUT2D eigenvalue weighted by Crippen LogP contribution is -2.46. The zero-order chi connectivity index (χ0) is 14.2. The van der Waals surface area contributed by atoms with Crippen LogP contribution in [0.2, 0.25) is 0 Å². The van der Waals surface area contributed by atoms with Gasteiger partial charge in [0, 0.05) is 29.6 Å². The highest BCUT2D eigenvalue weighted by atomic mass is 32.2. The Bertz CT molecular complexity index is 512. The standard InChI is InChI=1S/C15H24N4S/c1-11-4-6-15(7-5-11)10-20-14(18-15)16-8-13-9-17-19(3)12(13)2/h9,11H,4-8,10H2,1-3H3,(H,16,18). The Labute approximate surface area is 125 Å². The third-order valence-electron chi connectivity index (χ3n) is 4.82. The van der Waals surface area contributed by atoms with E-state index in [0.717, 1.165) is 17.6 Å². The molecule has 2 aliphatic rings. The van der Waals surface area contributed by atoms with Crippen LogP contribution in [-0.2, 0) is 13.6 Å². The summed E-state index contributed by atoms with van der Waals surface area (Å²) >= 11 is 1.89. The molecule has 0 aromatic carbocycles. The van der Waals surface area contributed by atoms with Gasteiger partial charge in [0.05, 0.1) is 12.7 Å². The summed E-state index contributed by atoms with van der Waals surface area (Å²) in [4.78, 5) is 4.75. The summed E-state index contributed by atoms with van der Waals surface area (Å²) in [5, 5.41) is 9.11. The van der Waals surface area contributed by atoms with Gasteiger partial charge in [-0.3, -0.25) is 9.67 Å². The average Bonchev–Trinajstić information content (AvgIpc) is 2.98. The van der Waals surface area contributed by atoms with Gasteiger partial charge >= 0.3 is 0 Å². The van der Waals surface area contributed by atoms with E-state index in [1.165, 1.54) is 42.7 Å².